The van der Waals surface area contributed by atoms with Crippen LogP contribution in [0.4, 0.5) is 5.69 Å². The molecule has 2 heterocycles. The van der Waals surface area contributed by atoms with Crippen molar-refractivity contribution in [3.63, 3.8) is 0 Å². The third-order valence-electron chi connectivity index (χ3n) is 5.23. The quantitative estimate of drug-likeness (QED) is 0.872. The molecule has 1 saturated heterocycles. The van der Waals surface area contributed by atoms with Crippen molar-refractivity contribution in [2.24, 2.45) is 0 Å². The van der Waals surface area contributed by atoms with Gasteiger partial charge in [0.1, 0.15) is 0 Å². The average Bonchev–Trinajstić information content (AvgIpc) is 2.65. The minimum absolute atomic E-state index is 0.156. The highest BCUT2D eigenvalue weighted by Crippen LogP contribution is 2.26. The molecule has 0 saturated carbocycles. The van der Waals surface area contributed by atoms with Crippen LogP contribution in [0.15, 0.2) is 42.6 Å². The second-order valence-electron chi connectivity index (χ2n) is 6.91. The van der Waals surface area contributed by atoms with Crippen molar-refractivity contribution in [1.82, 2.24) is 10.3 Å². The molecule has 0 radical (unpaired) electrons. The van der Waals surface area contributed by atoms with Crippen LogP contribution in [-0.4, -0.2) is 37.8 Å². The van der Waals surface area contributed by atoms with Gasteiger partial charge in [-0.1, -0.05) is 18.2 Å². The summed E-state index contributed by atoms with van der Waals surface area (Å²) in [5, 5.41) is 3.76. The number of aromatic nitrogens is 1. The molecule has 1 atom stereocenters. The van der Waals surface area contributed by atoms with E-state index < -0.39 is 0 Å². The molecular weight excluding hydrogens is 310 g/mol. The fraction of sp³-hybridized carbons (Fsp3) is 0.476. The van der Waals surface area contributed by atoms with E-state index in [0.29, 0.717) is 12.6 Å². The van der Waals surface area contributed by atoms with Crippen LogP contribution in [0.2, 0.25) is 0 Å². The number of hydrogen-bond acceptors (Lipinski definition) is 4. The van der Waals surface area contributed by atoms with Crippen molar-refractivity contribution in [3.8, 4) is 0 Å². The van der Waals surface area contributed by atoms with E-state index in [0.717, 1.165) is 31.6 Å². The molecule has 1 aliphatic rings. The highest BCUT2D eigenvalue weighted by atomic mass is 16.5. The van der Waals surface area contributed by atoms with Crippen molar-refractivity contribution in [3.05, 3.63) is 59.4 Å². The van der Waals surface area contributed by atoms with E-state index in [1.54, 1.807) is 7.11 Å². The molecule has 0 bridgehead atoms. The molecule has 1 aliphatic heterocycles. The number of pyridine rings is 1. The lowest BCUT2D eigenvalue weighted by molar-refractivity contribution is 0.156. The lowest BCUT2D eigenvalue weighted by atomic mass is 10.0. The predicted molar refractivity (Wildman–Crippen MR) is 103 cm³/mol. The van der Waals surface area contributed by atoms with Crippen LogP contribution in [0.25, 0.3) is 0 Å². The van der Waals surface area contributed by atoms with Crippen molar-refractivity contribution in [2.45, 2.75) is 38.8 Å². The monoisotopic (exact) mass is 339 g/mol. The van der Waals surface area contributed by atoms with Crippen LogP contribution in [-0.2, 0) is 4.74 Å². The smallest absolute Gasteiger partial charge is 0.0734 e. The molecule has 1 aromatic carbocycles. The maximum absolute atomic E-state index is 5.41. The van der Waals surface area contributed by atoms with Gasteiger partial charge < -0.3 is 15.0 Å². The summed E-state index contributed by atoms with van der Waals surface area (Å²) in [7, 11) is 1.75. The summed E-state index contributed by atoms with van der Waals surface area (Å²) in [6.45, 7) is 7.24. The molecule has 1 unspecified atom stereocenters. The summed E-state index contributed by atoms with van der Waals surface area (Å²) in [6.07, 6.45) is 4.13. The first-order valence-corrected chi connectivity index (χ1v) is 9.16. The first-order chi connectivity index (χ1) is 12.2. The van der Waals surface area contributed by atoms with Crippen LogP contribution < -0.4 is 10.2 Å². The zero-order valence-electron chi connectivity index (χ0n) is 15.5. The first kappa shape index (κ1) is 17.9. The van der Waals surface area contributed by atoms with E-state index in [-0.39, 0.29) is 6.04 Å². The number of piperidine rings is 1. The molecule has 134 valence electrons. The number of nitrogens with one attached hydrogen (secondary N) is 1. The van der Waals surface area contributed by atoms with Gasteiger partial charge in [-0.05, 0) is 56.0 Å². The Balaban J connectivity index is 1.61. The van der Waals surface area contributed by atoms with Gasteiger partial charge in [0.05, 0.1) is 18.3 Å². The highest BCUT2D eigenvalue weighted by Gasteiger charge is 2.24. The van der Waals surface area contributed by atoms with Crippen molar-refractivity contribution in [1.29, 1.82) is 0 Å². The van der Waals surface area contributed by atoms with Gasteiger partial charge in [-0.3, -0.25) is 4.98 Å². The van der Waals surface area contributed by atoms with Gasteiger partial charge in [0.2, 0.25) is 0 Å². The largest absolute Gasteiger partial charge is 0.383 e. The highest BCUT2D eigenvalue weighted by molar-refractivity contribution is 5.56. The summed E-state index contributed by atoms with van der Waals surface area (Å²) in [5.41, 5.74) is 5.21. The number of rotatable bonds is 6. The van der Waals surface area contributed by atoms with Crippen LogP contribution in [0.1, 0.15) is 35.7 Å². The van der Waals surface area contributed by atoms with Crippen molar-refractivity contribution >= 4 is 5.69 Å². The van der Waals surface area contributed by atoms with Crippen molar-refractivity contribution < 1.29 is 4.74 Å². The summed E-state index contributed by atoms with van der Waals surface area (Å²) in [4.78, 5) is 7.01. The Kier molecular flexibility index (Phi) is 6.05. The predicted octanol–water partition coefficient (Wildman–Crippen LogP) is 3.64. The summed E-state index contributed by atoms with van der Waals surface area (Å²) >= 11 is 0. The molecule has 1 aromatic heterocycles. The Morgan fingerprint density at radius 1 is 1.16 bits per heavy atom. The molecule has 0 aliphatic carbocycles. The molecule has 3 rings (SSSR count). The van der Waals surface area contributed by atoms with Gasteiger partial charge in [0, 0.05) is 38.1 Å². The fourth-order valence-electron chi connectivity index (χ4n) is 3.62. The molecule has 4 nitrogen and oxygen atoms in total. The topological polar surface area (TPSA) is 37.4 Å². The lowest BCUT2D eigenvalue weighted by Crippen LogP contribution is -2.45. The van der Waals surface area contributed by atoms with Gasteiger partial charge in [0.15, 0.2) is 0 Å². The number of aryl methyl sites for hydroxylation is 1. The zero-order chi connectivity index (χ0) is 17.6. The molecular formula is C21H29N3O. The Labute approximate surface area is 151 Å². The summed E-state index contributed by atoms with van der Waals surface area (Å²) in [6, 6.07) is 13.3. The van der Waals surface area contributed by atoms with E-state index in [9.17, 15) is 0 Å². The van der Waals surface area contributed by atoms with Gasteiger partial charge >= 0.3 is 0 Å². The minimum atomic E-state index is 0.156. The normalized spacial score (nSPS) is 16.8. The number of hydrogen-bond donors (Lipinski definition) is 1. The lowest BCUT2D eigenvalue weighted by Gasteiger charge is -2.36. The molecule has 0 amide bonds. The van der Waals surface area contributed by atoms with E-state index in [1.807, 2.05) is 18.3 Å². The van der Waals surface area contributed by atoms with Gasteiger partial charge in [-0.2, -0.15) is 0 Å². The van der Waals surface area contributed by atoms with E-state index in [2.05, 4.69) is 53.3 Å². The summed E-state index contributed by atoms with van der Waals surface area (Å²) in [5.74, 6) is 0. The van der Waals surface area contributed by atoms with Crippen LogP contribution in [0, 0.1) is 13.8 Å². The minimum Gasteiger partial charge on any atom is -0.383 e. The molecule has 1 fully saturated rings. The van der Waals surface area contributed by atoms with Crippen LogP contribution >= 0.6 is 0 Å². The first-order valence-electron chi connectivity index (χ1n) is 9.16. The second kappa shape index (κ2) is 8.45. The van der Waals surface area contributed by atoms with E-state index in [1.165, 1.54) is 16.8 Å². The number of ether oxygens (including phenoxy) is 1. The average molecular weight is 339 g/mol. The Morgan fingerprint density at radius 3 is 2.64 bits per heavy atom. The molecule has 0 spiro atoms. The number of methoxy groups -OCH3 is 1. The number of benzene rings is 1. The third kappa shape index (κ3) is 4.39. The third-order valence-corrected chi connectivity index (χ3v) is 5.23. The molecule has 25 heavy (non-hydrogen) atoms. The second-order valence-corrected chi connectivity index (χ2v) is 6.91. The van der Waals surface area contributed by atoms with Gasteiger partial charge in [-0.25, -0.2) is 0 Å². The molecule has 2 aromatic rings. The Morgan fingerprint density at radius 2 is 1.96 bits per heavy atom. The molecule has 1 N–H and O–H groups in total. The SMILES string of the molecule is COCC(NC1CCN(c2cccc(C)c2C)CC1)c1ccccn1. The van der Waals surface area contributed by atoms with E-state index >= 15 is 0 Å². The maximum atomic E-state index is 5.41. The Hall–Kier alpha value is -1.91. The maximum Gasteiger partial charge on any atom is 0.0734 e. The number of anilines is 1. The Bertz CT molecular complexity index is 666. The summed E-state index contributed by atoms with van der Waals surface area (Å²) < 4.78 is 5.41. The van der Waals surface area contributed by atoms with Gasteiger partial charge in [-0.15, -0.1) is 0 Å². The van der Waals surface area contributed by atoms with Crippen LogP contribution in [0.5, 0.6) is 0 Å². The van der Waals surface area contributed by atoms with Crippen molar-refractivity contribution in [2.75, 3.05) is 31.7 Å². The van der Waals surface area contributed by atoms with Crippen LogP contribution in [0.3, 0.4) is 0 Å². The fourth-order valence-corrected chi connectivity index (χ4v) is 3.62. The molecule has 4 heteroatoms. The standard InChI is InChI=1S/C21H29N3O/c1-16-7-6-9-21(17(16)2)24-13-10-18(11-14-24)23-20(15-25-3)19-8-4-5-12-22-19/h4-9,12,18,20,23H,10-11,13-15H2,1-3H3. The zero-order valence-corrected chi connectivity index (χ0v) is 15.5. The number of nitrogens with zero attached hydrogens (tertiary/aromatic N) is 2. The van der Waals surface area contributed by atoms with Gasteiger partial charge in [0.25, 0.3) is 0 Å². The van der Waals surface area contributed by atoms with E-state index in [4.69, 9.17) is 4.74 Å².